The fourth-order valence-corrected chi connectivity index (χ4v) is 4.69. The molecule has 1 amide bonds. The Kier molecular flexibility index (Phi) is 5.33. The van der Waals surface area contributed by atoms with Gasteiger partial charge in [-0.1, -0.05) is 41.9 Å². The van der Waals surface area contributed by atoms with E-state index in [0.29, 0.717) is 17.4 Å². The van der Waals surface area contributed by atoms with Gasteiger partial charge >= 0.3 is 0 Å². The van der Waals surface area contributed by atoms with Gasteiger partial charge in [-0.15, -0.1) is 11.8 Å². The second kappa shape index (κ2) is 7.89. The number of aromatic nitrogens is 2. The molecular weight excluding hydrogens is 394 g/mol. The lowest BCUT2D eigenvalue weighted by molar-refractivity contribution is -0.115. The number of thioether (sulfide) groups is 1. The van der Waals surface area contributed by atoms with Gasteiger partial charge in [0.15, 0.2) is 5.82 Å². The van der Waals surface area contributed by atoms with Crippen LogP contribution in [0.2, 0.25) is 5.02 Å². The molecule has 0 aliphatic carbocycles. The Bertz CT molecular complexity index is 1000. The number of carbonyl (C=O) groups excluding carboxylic acids is 1. The molecule has 0 saturated heterocycles. The summed E-state index contributed by atoms with van der Waals surface area (Å²) in [7, 11) is 0. The standard InChI is InChI=1S/C21H20ClN3O2S/c1-12-18-19(28-13(2)21(26)23-20(18)25-24-12)14-7-9-16(10-8-14)27-11-15-5-3-4-6-17(15)22/h3-10,13,19H,11H2,1-2H3,(H2,23,24,25,26)/t13-,19+/m1/s1. The summed E-state index contributed by atoms with van der Waals surface area (Å²) in [5.41, 5.74) is 4.03. The molecule has 4 rings (SSSR count). The number of aryl methyl sites for hydroxylation is 1. The van der Waals surface area contributed by atoms with E-state index < -0.39 is 0 Å². The number of ether oxygens (including phenoxy) is 1. The lowest BCUT2D eigenvalue weighted by atomic mass is 10.0. The van der Waals surface area contributed by atoms with Crippen molar-refractivity contribution in [1.82, 2.24) is 10.2 Å². The van der Waals surface area contributed by atoms with Crippen molar-refractivity contribution in [3.63, 3.8) is 0 Å². The van der Waals surface area contributed by atoms with E-state index in [0.717, 1.165) is 28.1 Å². The van der Waals surface area contributed by atoms with Crippen molar-refractivity contribution in [2.24, 2.45) is 0 Å². The van der Waals surface area contributed by atoms with Crippen LogP contribution in [0.15, 0.2) is 48.5 Å². The van der Waals surface area contributed by atoms with Gasteiger partial charge in [0.2, 0.25) is 5.91 Å². The topological polar surface area (TPSA) is 67.0 Å². The summed E-state index contributed by atoms with van der Waals surface area (Å²) in [6.07, 6.45) is 0. The average Bonchev–Trinajstić information content (AvgIpc) is 2.99. The van der Waals surface area contributed by atoms with E-state index in [-0.39, 0.29) is 16.4 Å². The molecule has 2 atom stereocenters. The number of nitrogens with zero attached hydrogens (tertiary/aromatic N) is 1. The van der Waals surface area contributed by atoms with Gasteiger partial charge in [-0.25, -0.2) is 0 Å². The van der Waals surface area contributed by atoms with Gasteiger partial charge in [-0.05, 0) is 37.6 Å². The number of H-pyrrole nitrogens is 1. The first kappa shape index (κ1) is 18.9. The molecule has 0 fully saturated rings. The number of fused-ring (bicyclic) bond motifs is 1. The number of rotatable bonds is 4. The maximum Gasteiger partial charge on any atom is 0.238 e. The molecule has 0 radical (unpaired) electrons. The first-order valence-electron chi connectivity index (χ1n) is 9.00. The predicted molar refractivity (Wildman–Crippen MR) is 113 cm³/mol. The van der Waals surface area contributed by atoms with Crippen LogP contribution >= 0.6 is 23.4 Å². The van der Waals surface area contributed by atoms with Crippen LogP contribution in [-0.4, -0.2) is 21.4 Å². The lowest BCUT2D eigenvalue weighted by Gasteiger charge is -2.18. The molecule has 7 heteroatoms. The molecule has 2 aromatic carbocycles. The molecule has 0 unspecified atom stereocenters. The van der Waals surface area contributed by atoms with E-state index in [4.69, 9.17) is 16.3 Å². The first-order chi connectivity index (χ1) is 13.5. The van der Waals surface area contributed by atoms with Gasteiger partial charge in [0, 0.05) is 21.8 Å². The number of amides is 1. The normalized spacial score (nSPS) is 18.9. The summed E-state index contributed by atoms with van der Waals surface area (Å²) in [5.74, 6) is 1.36. The summed E-state index contributed by atoms with van der Waals surface area (Å²) in [6.45, 7) is 4.30. The van der Waals surface area contributed by atoms with Crippen LogP contribution in [0.1, 0.15) is 34.6 Å². The Balaban J connectivity index is 1.55. The largest absolute Gasteiger partial charge is 0.489 e. The van der Waals surface area contributed by atoms with Crippen molar-refractivity contribution in [3.8, 4) is 5.75 Å². The zero-order valence-electron chi connectivity index (χ0n) is 15.5. The molecule has 1 aliphatic heterocycles. The molecule has 0 spiro atoms. The van der Waals surface area contributed by atoms with Crippen LogP contribution in [0, 0.1) is 6.92 Å². The number of aromatic amines is 1. The minimum absolute atomic E-state index is 0.0142. The predicted octanol–water partition coefficient (Wildman–Crippen LogP) is 5.11. The molecule has 3 aromatic rings. The summed E-state index contributed by atoms with van der Waals surface area (Å²) in [5, 5.41) is 10.7. The van der Waals surface area contributed by atoms with E-state index >= 15 is 0 Å². The Morgan fingerprint density at radius 2 is 1.93 bits per heavy atom. The molecule has 2 heterocycles. The minimum Gasteiger partial charge on any atom is -0.489 e. The fraction of sp³-hybridized carbons (Fsp3) is 0.238. The van der Waals surface area contributed by atoms with Crippen LogP contribution in [0.4, 0.5) is 5.82 Å². The molecule has 2 N–H and O–H groups in total. The van der Waals surface area contributed by atoms with E-state index in [9.17, 15) is 4.79 Å². The first-order valence-corrected chi connectivity index (χ1v) is 10.3. The van der Waals surface area contributed by atoms with E-state index in [1.165, 1.54) is 0 Å². The number of nitrogens with one attached hydrogen (secondary N) is 2. The molecule has 0 bridgehead atoms. The van der Waals surface area contributed by atoms with Crippen molar-refractivity contribution in [3.05, 3.63) is 75.9 Å². The van der Waals surface area contributed by atoms with Gasteiger partial charge in [0.1, 0.15) is 12.4 Å². The van der Waals surface area contributed by atoms with Crippen molar-refractivity contribution < 1.29 is 9.53 Å². The Hall–Kier alpha value is -2.44. The quantitative estimate of drug-likeness (QED) is 0.623. The molecule has 144 valence electrons. The summed E-state index contributed by atoms with van der Waals surface area (Å²) < 4.78 is 5.88. The van der Waals surface area contributed by atoms with Crippen LogP contribution < -0.4 is 10.1 Å². The zero-order valence-corrected chi connectivity index (χ0v) is 17.1. The van der Waals surface area contributed by atoms with E-state index in [1.807, 2.05) is 62.4 Å². The molecule has 28 heavy (non-hydrogen) atoms. The maximum absolute atomic E-state index is 12.2. The highest BCUT2D eigenvalue weighted by Gasteiger charge is 2.32. The third-order valence-corrected chi connectivity index (χ3v) is 6.51. The summed E-state index contributed by atoms with van der Waals surface area (Å²) >= 11 is 7.80. The number of hydrogen-bond donors (Lipinski definition) is 2. The van der Waals surface area contributed by atoms with E-state index in [2.05, 4.69) is 15.5 Å². The number of benzene rings is 2. The SMILES string of the molecule is Cc1[nH]nc2c1[C@H](c1ccc(OCc3ccccc3Cl)cc1)S[C@H](C)C(=O)N2. The number of hydrogen-bond acceptors (Lipinski definition) is 4. The van der Waals surface area contributed by atoms with Crippen molar-refractivity contribution in [2.75, 3.05) is 5.32 Å². The summed E-state index contributed by atoms with van der Waals surface area (Å²) in [6, 6.07) is 15.6. The number of anilines is 1. The Morgan fingerprint density at radius 3 is 2.68 bits per heavy atom. The number of carbonyl (C=O) groups is 1. The number of halogens is 1. The van der Waals surface area contributed by atoms with Gasteiger partial charge in [-0.3, -0.25) is 9.89 Å². The molecule has 5 nitrogen and oxygen atoms in total. The molecule has 0 saturated carbocycles. The van der Waals surface area contributed by atoms with Crippen LogP contribution in [-0.2, 0) is 11.4 Å². The van der Waals surface area contributed by atoms with Gasteiger partial charge in [-0.2, -0.15) is 5.10 Å². The van der Waals surface area contributed by atoms with Gasteiger partial charge in [0.05, 0.1) is 10.5 Å². The average molecular weight is 414 g/mol. The second-order valence-corrected chi connectivity index (χ2v) is 8.57. The minimum atomic E-state index is -0.172. The smallest absolute Gasteiger partial charge is 0.238 e. The fourth-order valence-electron chi connectivity index (χ4n) is 3.17. The third-order valence-electron chi connectivity index (χ3n) is 4.74. The van der Waals surface area contributed by atoms with Crippen molar-refractivity contribution >= 4 is 35.1 Å². The van der Waals surface area contributed by atoms with Crippen LogP contribution in [0.3, 0.4) is 0 Å². The van der Waals surface area contributed by atoms with Gasteiger partial charge in [0.25, 0.3) is 0 Å². The highest BCUT2D eigenvalue weighted by atomic mass is 35.5. The molecule has 1 aromatic heterocycles. The summed E-state index contributed by atoms with van der Waals surface area (Å²) in [4.78, 5) is 12.2. The monoisotopic (exact) mass is 413 g/mol. The highest BCUT2D eigenvalue weighted by Crippen LogP contribution is 2.44. The maximum atomic E-state index is 12.2. The van der Waals surface area contributed by atoms with Crippen molar-refractivity contribution in [1.29, 1.82) is 0 Å². The third kappa shape index (κ3) is 3.75. The van der Waals surface area contributed by atoms with Gasteiger partial charge < -0.3 is 10.1 Å². The second-order valence-electron chi connectivity index (χ2n) is 6.71. The highest BCUT2D eigenvalue weighted by molar-refractivity contribution is 8.01. The molecule has 1 aliphatic rings. The van der Waals surface area contributed by atoms with Crippen molar-refractivity contribution in [2.45, 2.75) is 31.0 Å². The van der Waals surface area contributed by atoms with Crippen LogP contribution in [0.5, 0.6) is 5.75 Å². The lowest BCUT2D eigenvalue weighted by Crippen LogP contribution is -2.21. The zero-order chi connectivity index (χ0) is 19.7. The van der Waals surface area contributed by atoms with Crippen LogP contribution in [0.25, 0.3) is 0 Å². The Morgan fingerprint density at radius 1 is 1.18 bits per heavy atom. The molecular formula is C21H20ClN3O2S. The van der Waals surface area contributed by atoms with E-state index in [1.54, 1.807) is 11.8 Å². The Labute approximate surface area is 172 Å².